The zero-order chi connectivity index (χ0) is 15.5. The second-order valence-electron chi connectivity index (χ2n) is 5.03. The molecule has 5 nitrogen and oxygen atoms in total. The number of hydrogen-bond donors (Lipinski definition) is 3. The molecule has 0 atom stereocenters. The third kappa shape index (κ3) is 7.32. The normalized spacial score (nSPS) is 10.9. The fraction of sp³-hybridized carbons (Fsp3) is 0.625. The van der Waals surface area contributed by atoms with Gasteiger partial charge in [-0.1, -0.05) is 6.07 Å². The summed E-state index contributed by atoms with van der Waals surface area (Å²) in [6, 6.07) is 6.04. The SMILES string of the molecule is CCOc1cc(CNCCNCCO)ccc1OC(C)C. The summed E-state index contributed by atoms with van der Waals surface area (Å²) in [5.74, 6) is 1.59. The molecule has 0 amide bonds. The average molecular weight is 296 g/mol. The summed E-state index contributed by atoms with van der Waals surface area (Å²) < 4.78 is 11.4. The second-order valence-corrected chi connectivity index (χ2v) is 5.03. The molecule has 120 valence electrons. The van der Waals surface area contributed by atoms with Crippen LogP contribution in [-0.2, 0) is 6.54 Å². The highest BCUT2D eigenvalue weighted by atomic mass is 16.5. The maximum Gasteiger partial charge on any atom is 0.161 e. The van der Waals surface area contributed by atoms with Crippen LogP contribution in [0, 0.1) is 0 Å². The third-order valence-corrected chi connectivity index (χ3v) is 2.77. The largest absolute Gasteiger partial charge is 0.490 e. The van der Waals surface area contributed by atoms with Crippen molar-refractivity contribution in [1.82, 2.24) is 10.6 Å². The minimum atomic E-state index is 0.130. The van der Waals surface area contributed by atoms with Gasteiger partial charge in [0, 0.05) is 26.2 Å². The number of rotatable bonds is 11. The van der Waals surface area contributed by atoms with E-state index in [-0.39, 0.29) is 12.7 Å². The summed E-state index contributed by atoms with van der Waals surface area (Å²) in [4.78, 5) is 0. The van der Waals surface area contributed by atoms with Gasteiger partial charge in [0.2, 0.25) is 0 Å². The van der Waals surface area contributed by atoms with E-state index in [9.17, 15) is 0 Å². The summed E-state index contributed by atoms with van der Waals surface area (Å²) in [5.41, 5.74) is 1.16. The zero-order valence-corrected chi connectivity index (χ0v) is 13.3. The number of hydrogen-bond acceptors (Lipinski definition) is 5. The second kappa shape index (κ2) is 10.4. The van der Waals surface area contributed by atoms with Crippen molar-refractivity contribution in [3.8, 4) is 11.5 Å². The Kier molecular flexibility index (Phi) is 8.82. The van der Waals surface area contributed by atoms with Gasteiger partial charge < -0.3 is 25.2 Å². The Morgan fingerprint density at radius 3 is 2.52 bits per heavy atom. The van der Waals surface area contributed by atoms with Gasteiger partial charge in [0.1, 0.15) is 0 Å². The molecule has 0 saturated carbocycles. The fourth-order valence-electron chi connectivity index (χ4n) is 1.90. The summed E-state index contributed by atoms with van der Waals surface area (Å²) in [6.07, 6.45) is 0.130. The molecule has 0 saturated heterocycles. The minimum absolute atomic E-state index is 0.130. The lowest BCUT2D eigenvalue weighted by atomic mass is 10.2. The molecule has 1 aromatic rings. The highest BCUT2D eigenvalue weighted by Crippen LogP contribution is 2.29. The number of benzene rings is 1. The van der Waals surface area contributed by atoms with Crippen molar-refractivity contribution in [2.45, 2.75) is 33.4 Å². The Bertz CT molecular complexity index is 397. The Hall–Kier alpha value is -1.30. The first kappa shape index (κ1) is 17.8. The molecule has 0 aliphatic carbocycles. The Balaban J connectivity index is 2.49. The van der Waals surface area contributed by atoms with Crippen molar-refractivity contribution < 1.29 is 14.6 Å². The predicted octanol–water partition coefficient (Wildman–Crippen LogP) is 1.54. The lowest BCUT2D eigenvalue weighted by Crippen LogP contribution is -2.28. The molecule has 0 aliphatic heterocycles. The van der Waals surface area contributed by atoms with E-state index in [1.54, 1.807) is 0 Å². The first-order valence-corrected chi connectivity index (χ1v) is 7.62. The van der Waals surface area contributed by atoms with Crippen molar-refractivity contribution >= 4 is 0 Å². The summed E-state index contributed by atoms with van der Waals surface area (Å²) in [6.45, 7) is 9.89. The molecule has 0 radical (unpaired) electrons. The number of aliphatic hydroxyl groups is 1. The van der Waals surface area contributed by atoms with Gasteiger partial charge in [-0.25, -0.2) is 0 Å². The van der Waals surface area contributed by atoms with E-state index in [0.717, 1.165) is 36.7 Å². The van der Waals surface area contributed by atoms with Crippen LogP contribution in [-0.4, -0.2) is 44.1 Å². The van der Waals surface area contributed by atoms with Gasteiger partial charge in [0.25, 0.3) is 0 Å². The van der Waals surface area contributed by atoms with E-state index < -0.39 is 0 Å². The summed E-state index contributed by atoms with van der Waals surface area (Å²) in [7, 11) is 0. The lowest BCUT2D eigenvalue weighted by Gasteiger charge is -2.15. The van der Waals surface area contributed by atoms with Gasteiger partial charge in [-0.15, -0.1) is 0 Å². The standard InChI is InChI=1S/C16H28N2O3/c1-4-20-16-11-14(5-6-15(16)21-13(2)3)12-18-8-7-17-9-10-19/h5-6,11,13,17-19H,4,7-10,12H2,1-3H3. The maximum absolute atomic E-state index is 8.66. The van der Waals surface area contributed by atoms with Crippen molar-refractivity contribution in [3.63, 3.8) is 0 Å². The molecular formula is C16H28N2O3. The smallest absolute Gasteiger partial charge is 0.161 e. The molecule has 21 heavy (non-hydrogen) atoms. The topological polar surface area (TPSA) is 62.8 Å². The van der Waals surface area contributed by atoms with Crippen LogP contribution in [0.1, 0.15) is 26.3 Å². The van der Waals surface area contributed by atoms with Gasteiger partial charge >= 0.3 is 0 Å². The molecule has 5 heteroatoms. The van der Waals surface area contributed by atoms with Gasteiger partial charge in [-0.3, -0.25) is 0 Å². The molecule has 3 N–H and O–H groups in total. The Morgan fingerprint density at radius 1 is 1.10 bits per heavy atom. The van der Waals surface area contributed by atoms with Gasteiger partial charge in [-0.2, -0.15) is 0 Å². The molecular weight excluding hydrogens is 268 g/mol. The van der Waals surface area contributed by atoms with Gasteiger partial charge in [0.05, 0.1) is 19.3 Å². The van der Waals surface area contributed by atoms with Crippen molar-refractivity contribution in [2.75, 3.05) is 32.8 Å². The Morgan fingerprint density at radius 2 is 1.86 bits per heavy atom. The maximum atomic E-state index is 8.66. The molecule has 0 bridgehead atoms. The highest BCUT2D eigenvalue weighted by molar-refractivity contribution is 5.43. The number of nitrogens with one attached hydrogen (secondary N) is 2. The van der Waals surface area contributed by atoms with Crippen LogP contribution in [0.15, 0.2) is 18.2 Å². The van der Waals surface area contributed by atoms with E-state index in [0.29, 0.717) is 13.2 Å². The van der Waals surface area contributed by atoms with E-state index in [1.807, 2.05) is 39.0 Å². The average Bonchev–Trinajstić information content (AvgIpc) is 2.45. The molecule has 1 rings (SSSR count). The highest BCUT2D eigenvalue weighted by Gasteiger charge is 2.08. The molecule has 1 aromatic carbocycles. The fourth-order valence-corrected chi connectivity index (χ4v) is 1.90. The first-order valence-electron chi connectivity index (χ1n) is 7.62. The minimum Gasteiger partial charge on any atom is -0.490 e. The van der Waals surface area contributed by atoms with Crippen molar-refractivity contribution in [3.05, 3.63) is 23.8 Å². The summed E-state index contributed by atoms with van der Waals surface area (Å²) in [5, 5.41) is 15.1. The summed E-state index contributed by atoms with van der Waals surface area (Å²) >= 11 is 0. The third-order valence-electron chi connectivity index (χ3n) is 2.77. The van der Waals surface area contributed by atoms with Gasteiger partial charge in [-0.05, 0) is 38.5 Å². The molecule has 0 spiro atoms. The van der Waals surface area contributed by atoms with Crippen LogP contribution < -0.4 is 20.1 Å². The van der Waals surface area contributed by atoms with Crippen LogP contribution in [0.2, 0.25) is 0 Å². The molecule has 0 aromatic heterocycles. The number of aliphatic hydroxyl groups excluding tert-OH is 1. The van der Waals surface area contributed by atoms with Crippen LogP contribution in [0.3, 0.4) is 0 Å². The van der Waals surface area contributed by atoms with Crippen LogP contribution in [0.4, 0.5) is 0 Å². The van der Waals surface area contributed by atoms with E-state index in [1.165, 1.54) is 0 Å². The van der Waals surface area contributed by atoms with E-state index >= 15 is 0 Å². The molecule has 0 aliphatic rings. The molecule has 0 fully saturated rings. The van der Waals surface area contributed by atoms with Crippen LogP contribution in [0.25, 0.3) is 0 Å². The lowest BCUT2D eigenvalue weighted by molar-refractivity contribution is 0.223. The molecule has 0 heterocycles. The van der Waals surface area contributed by atoms with E-state index in [4.69, 9.17) is 14.6 Å². The quantitative estimate of drug-likeness (QED) is 0.541. The van der Waals surface area contributed by atoms with Gasteiger partial charge in [0.15, 0.2) is 11.5 Å². The Labute approximate surface area is 127 Å². The predicted molar refractivity (Wildman–Crippen MR) is 85.0 cm³/mol. The zero-order valence-electron chi connectivity index (χ0n) is 13.3. The number of ether oxygens (including phenoxy) is 2. The van der Waals surface area contributed by atoms with Crippen LogP contribution in [0.5, 0.6) is 11.5 Å². The van der Waals surface area contributed by atoms with Crippen molar-refractivity contribution in [1.29, 1.82) is 0 Å². The van der Waals surface area contributed by atoms with E-state index in [2.05, 4.69) is 10.6 Å². The monoisotopic (exact) mass is 296 g/mol. The first-order chi connectivity index (χ1) is 10.2. The molecule has 0 unspecified atom stereocenters. The van der Waals surface area contributed by atoms with Crippen LogP contribution >= 0.6 is 0 Å². The van der Waals surface area contributed by atoms with Crippen molar-refractivity contribution in [2.24, 2.45) is 0 Å².